The van der Waals surface area contributed by atoms with Crippen LogP contribution in [0.5, 0.6) is 0 Å². The molecule has 1 amide bonds. The number of amides is 1. The minimum absolute atomic E-state index is 0.107. The third-order valence-corrected chi connectivity index (χ3v) is 6.64. The summed E-state index contributed by atoms with van der Waals surface area (Å²) in [6, 6.07) is -1.24. The molecule has 6 N–H and O–H groups in total. The molecule has 12 nitrogen and oxygen atoms in total. The Labute approximate surface area is 184 Å². The Morgan fingerprint density at radius 3 is 2.69 bits per heavy atom. The molecule has 0 aliphatic carbocycles. The monoisotopic (exact) mass is 447 g/mol. The van der Waals surface area contributed by atoms with Crippen molar-refractivity contribution in [2.75, 3.05) is 25.4 Å². The average Bonchev–Trinajstić information content (AvgIpc) is 3.16. The zero-order valence-corrected chi connectivity index (χ0v) is 18.0. The van der Waals surface area contributed by atoms with Crippen molar-refractivity contribution < 1.29 is 24.5 Å². The van der Waals surface area contributed by atoms with E-state index in [1.54, 1.807) is 22.7 Å². The molecule has 2 saturated heterocycles. The van der Waals surface area contributed by atoms with Gasteiger partial charge in [-0.1, -0.05) is 0 Å². The van der Waals surface area contributed by atoms with Gasteiger partial charge in [0.1, 0.15) is 11.8 Å². The van der Waals surface area contributed by atoms with E-state index in [1.807, 2.05) is 0 Å². The number of aliphatic hydroxyl groups is 1. The van der Waals surface area contributed by atoms with Gasteiger partial charge in [0.15, 0.2) is 11.5 Å². The number of rotatable bonds is 5. The van der Waals surface area contributed by atoms with Crippen LogP contribution < -0.4 is 11.5 Å². The van der Waals surface area contributed by atoms with Crippen LogP contribution in [0.15, 0.2) is 12.7 Å². The number of nitrogens with two attached hydrogens (primary N) is 2. The standard InChI is InChI=1S/C20H29N7O5/c1-19(31)9-20(4-6-26(7-5-20)18(30)12(21)2-3-14(28)29)32-8-13(19)27-11-25-15-16(22)23-10-24-17(15)27/h10-13,31H,2-9,21H2,1H3,(H,28,29)(H2,22,23,24)/t12-,13-,19-/m0/s1. The van der Waals surface area contributed by atoms with Crippen LogP contribution in [0.4, 0.5) is 5.82 Å². The molecular weight excluding hydrogens is 418 g/mol. The number of nitrogen functional groups attached to an aromatic ring is 1. The second kappa shape index (κ2) is 8.26. The van der Waals surface area contributed by atoms with Gasteiger partial charge in [-0.2, -0.15) is 0 Å². The first-order chi connectivity index (χ1) is 15.1. The number of fused-ring (bicyclic) bond motifs is 1. The Balaban J connectivity index is 1.42. The van der Waals surface area contributed by atoms with Gasteiger partial charge in [0.05, 0.1) is 36.2 Å². The minimum Gasteiger partial charge on any atom is -0.481 e. The number of hydrogen-bond donors (Lipinski definition) is 4. The van der Waals surface area contributed by atoms with Crippen LogP contribution in [0, 0.1) is 0 Å². The molecule has 4 rings (SSSR count). The third kappa shape index (κ3) is 4.12. The van der Waals surface area contributed by atoms with E-state index in [4.69, 9.17) is 21.3 Å². The topological polar surface area (TPSA) is 183 Å². The van der Waals surface area contributed by atoms with E-state index in [9.17, 15) is 14.7 Å². The second-order valence-corrected chi connectivity index (χ2v) is 8.99. The summed E-state index contributed by atoms with van der Waals surface area (Å²) >= 11 is 0. The maximum atomic E-state index is 12.6. The van der Waals surface area contributed by atoms with Crippen molar-refractivity contribution in [3.63, 3.8) is 0 Å². The highest BCUT2D eigenvalue weighted by atomic mass is 16.5. The molecule has 0 radical (unpaired) electrons. The van der Waals surface area contributed by atoms with Gasteiger partial charge in [-0.15, -0.1) is 0 Å². The van der Waals surface area contributed by atoms with Crippen LogP contribution in [0.2, 0.25) is 0 Å². The molecule has 0 bridgehead atoms. The predicted molar refractivity (Wildman–Crippen MR) is 113 cm³/mol. The van der Waals surface area contributed by atoms with Crippen molar-refractivity contribution in [1.29, 1.82) is 0 Å². The highest BCUT2D eigenvalue weighted by Gasteiger charge is 2.50. The molecule has 2 aromatic heterocycles. The Hall–Kier alpha value is -2.83. The molecule has 2 aromatic rings. The summed E-state index contributed by atoms with van der Waals surface area (Å²) in [5.41, 5.74) is 11.1. The summed E-state index contributed by atoms with van der Waals surface area (Å²) in [5.74, 6) is -0.943. The lowest BCUT2D eigenvalue weighted by Gasteiger charge is -2.51. The molecule has 4 heterocycles. The maximum absolute atomic E-state index is 12.6. The zero-order valence-electron chi connectivity index (χ0n) is 18.0. The highest BCUT2D eigenvalue weighted by Crippen LogP contribution is 2.44. The summed E-state index contributed by atoms with van der Waals surface area (Å²) in [5, 5.41) is 20.2. The number of ether oxygens (including phenoxy) is 1. The molecule has 32 heavy (non-hydrogen) atoms. The summed E-state index contributed by atoms with van der Waals surface area (Å²) in [7, 11) is 0. The Bertz CT molecular complexity index is 1010. The molecule has 1 spiro atoms. The SMILES string of the molecule is C[C@]1(O)CC2(CCN(C(=O)[C@@H](N)CCC(=O)O)CC2)OC[C@@H]1n1cnc2c(N)ncnc21. The van der Waals surface area contributed by atoms with E-state index in [0.717, 1.165) is 0 Å². The first-order valence-electron chi connectivity index (χ1n) is 10.7. The number of aromatic nitrogens is 4. The van der Waals surface area contributed by atoms with Crippen LogP contribution in [0.1, 0.15) is 45.1 Å². The molecule has 3 atom stereocenters. The second-order valence-electron chi connectivity index (χ2n) is 8.99. The summed E-state index contributed by atoms with van der Waals surface area (Å²) in [4.78, 5) is 37.4. The molecule has 2 aliphatic heterocycles. The van der Waals surface area contributed by atoms with Crippen LogP contribution in [-0.4, -0.2) is 83.4 Å². The lowest BCUT2D eigenvalue weighted by atomic mass is 9.75. The van der Waals surface area contributed by atoms with Crippen LogP contribution in [-0.2, 0) is 14.3 Å². The van der Waals surface area contributed by atoms with E-state index in [0.29, 0.717) is 43.5 Å². The summed E-state index contributed by atoms with van der Waals surface area (Å²) in [6.07, 6.45) is 4.44. The lowest BCUT2D eigenvalue weighted by Crippen LogP contribution is -2.59. The Morgan fingerprint density at radius 1 is 1.31 bits per heavy atom. The van der Waals surface area contributed by atoms with E-state index < -0.39 is 29.3 Å². The van der Waals surface area contributed by atoms with E-state index in [-0.39, 0.29) is 31.2 Å². The fraction of sp³-hybridized carbons (Fsp3) is 0.650. The first kappa shape index (κ1) is 22.4. The van der Waals surface area contributed by atoms with Crippen molar-refractivity contribution in [3.05, 3.63) is 12.7 Å². The fourth-order valence-corrected chi connectivity index (χ4v) is 4.83. The average molecular weight is 447 g/mol. The number of imidazole rings is 1. The maximum Gasteiger partial charge on any atom is 0.303 e. The number of anilines is 1. The van der Waals surface area contributed by atoms with E-state index >= 15 is 0 Å². The number of likely N-dealkylation sites (tertiary alicyclic amines) is 1. The number of carbonyl (C=O) groups excluding carboxylic acids is 1. The van der Waals surface area contributed by atoms with E-state index in [1.165, 1.54) is 6.33 Å². The number of aliphatic carboxylic acids is 1. The van der Waals surface area contributed by atoms with Gasteiger partial charge in [0.25, 0.3) is 0 Å². The molecular formula is C20H29N7O5. The quantitative estimate of drug-likeness (QED) is 0.473. The van der Waals surface area contributed by atoms with Crippen molar-refractivity contribution >= 4 is 28.9 Å². The van der Waals surface area contributed by atoms with E-state index in [2.05, 4.69) is 15.0 Å². The van der Waals surface area contributed by atoms with Crippen LogP contribution in [0.25, 0.3) is 11.2 Å². The normalized spacial score (nSPS) is 26.3. The summed E-state index contributed by atoms with van der Waals surface area (Å²) < 4.78 is 8.07. The molecule has 12 heteroatoms. The number of hydrogen-bond acceptors (Lipinski definition) is 9. The number of piperidine rings is 1. The van der Waals surface area contributed by atoms with Crippen molar-refractivity contribution in [2.24, 2.45) is 5.73 Å². The largest absolute Gasteiger partial charge is 0.481 e. The molecule has 0 saturated carbocycles. The molecule has 174 valence electrons. The van der Waals surface area contributed by atoms with Gasteiger partial charge >= 0.3 is 5.97 Å². The third-order valence-electron chi connectivity index (χ3n) is 6.64. The molecule has 0 unspecified atom stereocenters. The van der Waals surface area contributed by atoms with Crippen LogP contribution >= 0.6 is 0 Å². The number of carboxylic acids is 1. The highest BCUT2D eigenvalue weighted by molar-refractivity contribution is 5.82. The Morgan fingerprint density at radius 2 is 2.03 bits per heavy atom. The molecule has 2 fully saturated rings. The van der Waals surface area contributed by atoms with Crippen molar-refractivity contribution in [2.45, 2.75) is 62.3 Å². The van der Waals surface area contributed by atoms with Gasteiger partial charge < -0.3 is 35.9 Å². The smallest absolute Gasteiger partial charge is 0.303 e. The summed E-state index contributed by atoms with van der Waals surface area (Å²) in [6.45, 7) is 2.92. The number of carboxylic acid groups (broad SMARTS) is 1. The van der Waals surface area contributed by atoms with Crippen molar-refractivity contribution in [3.8, 4) is 0 Å². The van der Waals surface area contributed by atoms with Crippen molar-refractivity contribution in [1.82, 2.24) is 24.4 Å². The lowest BCUT2D eigenvalue weighted by molar-refractivity contribution is -0.197. The fourth-order valence-electron chi connectivity index (χ4n) is 4.83. The minimum atomic E-state index is -1.10. The number of nitrogens with zero attached hydrogens (tertiary/aromatic N) is 5. The van der Waals surface area contributed by atoms with Gasteiger partial charge in [-0.05, 0) is 26.2 Å². The van der Waals surface area contributed by atoms with Gasteiger partial charge in [-0.3, -0.25) is 9.59 Å². The zero-order chi connectivity index (χ0) is 23.1. The predicted octanol–water partition coefficient (Wildman–Crippen LogP) is -0.326. The Kier molecular flexibility index (Phi) is 5.77. The van der Waals surface area contributed by atoms with Gasteiger partial charge in [0, 0.05) is 25.9 Å². The molecule has 0 aromatic carbocycles. The van der Waals surface area contributed by atoms with Gasteiger partial charge in [-0.25, -0.2) is 15.0 Å². The molecule has 2 aliphatic rings. The first-order valence-corrected chi connectivity index (χ1v) is 10.7. The number of carbonyl (C=O) groups is 2. The van der Waals surface area contributed by atoms with Gasteiger partial charge in [0.2, 0.25) is 5.91 Å². The van der Waals surface area contributed by atoms with Crippen LogP contribution in [0.3, 0.4) is 0 Å².